The molecule has 7 heteroatoms. The zero-order valence-electron chi connectivity index (χ0n) is 14.1. The summed E-state index contributed by atoms with van der Waals surface area (Å²) in [5.41, 5.74) is 1.12. The van der Waals surface area contributed by atoms with Crippen molar-refractivity contribution in [2.24, 2.45) is 5.92 Å². The number of hydrogen-bond acceptors (Lipinski definition) is 3. The molecule has 1 saturated carbocycles. The minimum atomic E-state index is -0.377. The van der Waals surface area contributed by atoms with Crippen molar-refractivity contribution in [2.45, 2.75) is 44.6 Å². The molecule has 1 aliphatic carbocycles. The van der Waals surface area contributed by atoms with Gasteiger partial charge in [-0.1, -0.05) is 36.6 Å². The average molecular weight is 366 g/mol. The van der Waals surface area contributed by atoms with Crippen molar-refractivity contribution in [3.8, 4) is 0 Å². The number of urea groups is 1. The molecule has 2 aliphatic rings. The Morgan fingerprint density at radius 2 is 1.96 bits per heavy atom. The molecule has 1 saturated heterocycles. The van der Waals surface area contributed by atoms with Crippen LogP contribution in [0.5, 0.6) is 0 Å². The molecule has 4 amide bonds. The smallest absolute Gasteiger partial charge is 0.321 e. The van der Waals surface area contributed by atoms with Gasteiger partial charge in [0.25, 0.3) is 0 Å². The quantitative estimate of drug-likeness (QED) is 0.717. The molecule has 1 unspecified atom stereocenters. The highest BCUT2D eigenvalue weighted by atomic mass is 35.5. The van der Waals surface area contributed by atoms with Gasteiger partial charge in [0.1, 0.15) is 0 Å². The molecule has 0 spiro atoms. The van der Waals surface area contributed by atoms with E-state index in [1.807, 2.05) is 24.3 Å². The largest absolute Gasteiger partial charge is 0.352 e. The molecule has 3 N–H and O–H groups in total. The number of nitrogens with one attached hydrogen (secondary N) is 3. The minimum absolute atomic E-state index is 0.124. The van der Waals surface area contributed by atoms with Gasteiger partial charge in [0.05, 0.1) is 6.04 Å². The van der Waals surface area contributed by atoms with Crippen molar-refractivity contribution in [1.82, 2.24) is 16.0 Å². The molecule has 0 bridgehead atoms. The number of rotatable bonds is 4. The van der Waals surface area contributed by atoms with Gasteiger partial charge in [0, 0.05) is 18.0 Å². The molecular weight excluding hydrogens is 342 g/mol. The molecule has 25 heavy (non-hydrogen) atoms. The lowest BCUT2D eigenvalue weighted by Gasteiger charge is -2.23. The van der Waals surface area contributed by atoms with Gasteiger partial charge in [-0.2, -0.15) is 0 Å². The van der Waals surface area contributed by atoms with E-state index in [0.29, 0.717) is 18.9 Å². The lowest BCUT2D eigenvalue weighted by molar-refractivity contribution is -0.119. The summed E-state index contributed by atoms with van der Waals surface area (Å²) in [5.74, 6) is 0.369. The molecule has 1 atom stereocenters. The van der Waals surface area contributed by atoms with E-state index in [4.69, 9.17) is 11.6 Å². The van der Waals surface area contributed by atoms with Gasteiger partial charge in [-0.05, 0) is 42.9 Å². The summed E-state index contributed by atoms with van der Waals surface area (Å²) in [6, 6.07) is 7.52. The SMILES string of the molecule is O=C1CCCNC(=O)N1.O=CNC(c1cccc(Cl)c1)C1CCCC1. The highest BCUT2D eigenvalue weighted by Gasteiger charge is 2.25. The highest BCUT2D eigenvalue weighted by Crippen LogP contribution is 2.35. The fraction of sp³-hybridized carbons (Fsp3) is 0.500. The van der Waals surface area contributed by atoms with Crippen LogP contribution in [0.1, 0.15) is 50.1 Å². The fourth-order valence-corrected chi connectivity index (χ4v) is 3.45. The van der Waals surface area contributed by atoms with E-state index in [1.165, 1.54) is 25.7 Å². The van der Waals surface area contributed by atoms with Crippen LogP contribution in [0, 0.1) is 5.92 Å². The number of amides is 4. The van der Waals surface area contributed by atoms with Crippen LogP contribution in [0.15, 0.2) is 24.3 Å². The zero-order valence-corrected chi connectivity index (χ0v) is 14.8. The summed E-state index contributed by atoms with van der Waals surface area (Å²) in [4.78, 5) is 31.7. The first-order valence-corrected chi connectivity index (χ1v) is 9.01. The summed E-state index contributed by atoms with van der Waals surface area (Å²) in [6.07, 6.45) is 6.89. The lowest BCUT2D eigenvalue weighted by atomic mass is 9.92. The third kappa shape index (κ3) is 6.38. The van der Waals surface area contributed by atoms with Crippen LogP contribution in [0.4, 0.5) is 4.79 Å². The Kier molecular flexibility index (Phi) is 7.73. The molecule has 136 valence electrons. The molecule has 0 radical (unpaired) electrons. The minimum Gasteiger partial charge on any atom is -0.352 e. The Hall–Kier alpha value is -2.08. The van der Waals surface area contributed by atoms with Crippen molar-refractivity contribution in [3.05, 3.63) is 34.9 Å². The van der Waals surface area contributed by atoms with Gasteiger partial charge in [-0.25, -0.2) is 4.79 Å². The molecule has 3 rings (SSSR count). The van der Waals surface area contributed by atoms with Gasteiger partial charge in [-0.3, -0.25) is 14.9 Å². The van der Waals surface area contributed by atoms with Crippen molar-refractivity contribution in [2.75, 3.05) is 6.54 Å². The van der Waals surface area contributed by atoms with Crippen molar-refractivity contribution in [1.29, 1.82) is 0 Å². The van der Waals surface area contributed by atoms with E-state index >= 15 is 0 Å². The Balaban J connectivity index is 0.000000212. The predicted molar refractivity (Wildman–Crippen MR) is 96.1 cm³/mol. The molecule has 0 aromatic heterocycles. The van der Waals surface area contributed by atoms with Gasteiger partial charge in [0.15, 0.2) is 0 Å². The Morgan fingerprint density at radius 3 is 2.64 bits per heavy atom. The van der Waals surface area contributed by atoms with E-state index < -0.39 is 0 Å². The normalized spacial score (nSPS) is 18.9. The van der Waals surface area contributed by atoms with Crippen LogP contribution in [-0.2, 0) is 9.59 Å². The Bertz CT molecular complexity index is 587. The maximum absolute atomic E-state index is 10.7. The molecular formula is C18H24ClN3O3. The van der Waals surface area contributed by atoms with E-state index in [0.717, 1.165) is 23.4 Å². The summed E-state index contributed by atoms with van der Waals surface area (Å²) >= 11 is 5.98. The van der Waals surface area contributed by atoms with Gasteiger partial charge >= 0.3 is 6.03 Å². The molecule has 1 heterocycles. The summed E-state index contributed by atoms with van der Waals surface area (Å²) < 4.78 is 0. The maximum Gasteiger partial charge on any atom is 0.321 e. The van der Waals surface area contributed by atoms with Crippen LogP contribution in [0.3, 0.4) is 0 Å². The standard InChI is InChI=1S/C13H16ClNO.C5H8N2O2/c14-12-7-3-6-11(8-12)13(15-9-16)10-4-1-2-5-10;8-4-2-1-3-6-5(9)7-4/h3,6-10,13H,1-2,4-5H2,(H,15,16);1-3H2,(H2,6,7,8,9). The van der Waals surface area contributed by atoms with Crippen molar-refractivity contribution in [3.63, 3.8) is 0 Å². The predicted octanol–water partition coefficient (Wildman–Crippen LogP) is 2.92. The number of hydrogen-bond donors (Lipinski definition) is 3. The number of carbonyl (C=O) groups excluding carboxylic acids is 3. The summed E-state index contributed by atoms with van der Waals surface area (Å²) in [5, 5.41) is 8.32. The molecule has 6 nitrogen and oxygen atoms in total. The van der Waals surface area contributed by atoms with Crippen molar-refractivity contribution < 1.29 is 14.4 Å². The summed E-state index contributed by atoms with van der Waals surface area (Å²) in [6.45, 7) is 0.595. The zero-order chi connectivity index (χ0) is 18.1. The van der Waals surface area contributed by atoms with Crippen LogP contribution in [0.2, 0.25) is 5.02 Å². The molecule has 1 aromatic rings. The monoisotopic (exact) mass is 365 g/mol. The van der Waals surface area contributed by atoms with Crippen LogP contribution < -0.4 is 16.0 Å². The highest BCUT2D eigenvalue weighted by molar-refractivity contribution is 6.30. The first-order chi connectivity index (χ1) is 12.1. The van der Waals surface area contributed by atoms with Crippen LogP contribution in [-0.4, -0.2) is 24.9 Å². The third-order valence-corrected chi connectivity index (χ3v) is 4.68. The van der Waals surface area contributed by atoms with Crippen LogP contribution >= 0.6 is 11.6 Å². The number of halogens is 1. The van der Waals surface area contributed by atoms with E-state index in [9.17, 15) is 14.4 Å². The first-order valence-electron chi connectivity index (χ1n) is 8.63. The van der Waals surface area contributed by atoms with Crippen molar-refractivity contribution >= 4 is 29.9 Å². The van der Waals surface area contributed by atoms with Gasteiger partial charge in [0.2, 0.25) is 12.3 Å². The Morgan fingerprint density at radius 1 is 1.20 bits per heavy atom. The number of benzene rings is 1. The first kappa shape index (κ1) is 19.2. The maximum atomic E-state index is 10.7. The molecule has 2 fully saturated rings. The lowest BCUT2D eigenvalue weighted by Crippen LogP contribution is -2.35. The average Bonchev–Trinajstić information content (AvgIpc) is 3.04. The Labute approximate surface area is 152 Å². The molecule has 1 aliphatic heterocycles. The molecule has 1 aromatic carbocycles. The fourth-order valence-electron chi connectivity index (χ4n) is 3.25. The second kappa shape index (κ2) is 10.0. The van der Waals surface area contributed by atoms with E-state index in [-0.39, 0.29) is 18.0 Å². The van der Waals surface area contributed by atoms with E-state index in [2.05, 4.69) is 16.0 Å². The summed E-state index contributed by atoms with van der Waals surface area (Å²) in [7, 11) is 0. The third-order valence-electron chi connectivity index (χ3n) is 4.45. The van der Waals surface area contributed by atoms with E-state index in [1.54, 1.807) is 0 Å². The topological polar surface area (TPSA) is 87.3 Å². The number of imide groups is 1. The van der Waals surface area contributed by atoms with Gasteiger partial charge < -0.3 is 10.6 Å². The van der Waals surface area contributed by atoms with Gasteiger partial charge in [-0.15, -0.1) is 0 Å². The number of carbonyl (C=O) groups is 3. The second-order valence-corrected chi connectivity index (χ2v) is 6.71. The van der Waals surface area contributed by atoms with Crippen LogP contribution in [0.25, 0.3) is 0 Å². The second-order valence-electron chi connectivity index (χ2n) is 6.27.